The molecule has 1 heterocycles. The molecule has 1 aromatic heterocycles. The number of halogens is 1. The molecule has 0 N–H and O–H groups in total. The Morgan fingerprint density at radius 1 is 1.40 bits per heavy atom. The molecule has 0 aliphatic carbocycles. The van der Waals surface area contributed by atoms with E-state index in [9.17, 15) is 0 Å². The maximum atomic E-state index is 5.51. The average molecular weight is 155 g/mol. The van der Waals surface area contributed by atoms with Crippen molar-refractivity contribution in [2.45, 2.75) is 6.92 Å². The third kappa shape index (κ3) is 1.81. The first kappa shape index (κ1) is 7.22. The molecule has 0 atom stereocenters. The molecule has 0 bridgehead atoms. The van der Waals surface area contributed by atoms with Crippen LogP contribution in [0.2, 0.25) is 5.15 Å². The summed E-state index contributed by atoms with van der Waals surface area (Å²) in [6.45, 7) is 1.93. The molecule has 0 saturated heterocycles. The van der Waals surface area contributed by atoms with Crippen molar-refractivity contribution >= 4 is 17.7 Å². The number of aromatic nitrogens is 2. The lowest BCUT2D eigenvalue weighted by molar-refractivity contribution is 1.18. The van der Waals surface area contributed by atoms with Crippen LogP contribution in [0.1, 0.15) is 12.6 Å². The van der Waals surface area contributed by atoms with E-state index in [1.54, 1.807) is 6.20 Å². The van der Waals surface area contributed by atoms with Gasteiger partial charge in [0.25, 0.3) is 0 Å². The molecule has 0 saturated carbocycles. The van der Waals surface area contributed by atoms with Crippen LogP contribution in [-0.2, 0) is 0 Å². The van der Waals surface area contributed by atoms with Crippen LogP contribution in [0.25, 0.3) is 6.08 Å². The third-order valence-electron chi connectivity index (χ3n) is 0.978. The van der Waals surface area contributed by atoms with E-state index >= 15 is 0 Å². The Morgan fingerprint density at radius 2 is 2.20 bits per heavy atom. The van der Waals surface area contributed by atoms with Crippen molar-refractivity contribution in [1.29, 1.82) is 0 Å². The van der Waals surface area contributed by atoms with Gasteiger partial charge in [-0.2, -0.15) is 0 Å². The van der Waals surface area contributed by atoms with Crippen molar-refractivity contribution in [1.82, 2.24) is 9.97 Å². The summed E-state index contributed by atoms with van der Waals surface area (Å²) in [5.74, 6) is 0. The maximum absolute atomic E-state index is 5.51. The number of hydrogen-bond donors (Lipinski definition) is 0. The highest BCUT2D eigenvalue weighted by molar-refractivity contribution is 6.29. The van der Waals surface area contributed by atoms with E-state index in [1.165, 1.54) is 6.20 Å². The Balaban J connectivity index is 2.89. The quantitative estimate of drug-likeness (QED) is 0.620. The van der Waals surface area contributed by atoms with E-state index in [-0.39, 0.29) is 0 Å². The van der Waals surface area contributed by atoms with Crippen LogP contribution in [-0.4, -0.2) is 9.97 Å². The van der Waals surface area contributed by atoms with Gasteiger partial charge in [0.2, 0.25) is 0 Å². The Morgan fingerprint density at radius 3 is 2.70 bits per heavy atom. The first-order chi connectivity index (χ1) is 4.83. The molecule has 0 spiro atoms. The van der Waals surface area contributed by atoms with Crippen molar-refractivity contribution in [2.24, 2.45) is 0 Å². The van der Waals surface area contributed by atoms with Gasteiger partial charge in [-0.15, -0.1) is 0 Å². The second-order valence-corrected chi connectivity index (χ2v) is 2.15. The molecule has 3 heteroatoms. The van der Waals surface area contributed by atoms with Crippen LogP contribution in [0.5, 0.6) is 0 Å². The van der Waals surface area contributed by atoms with Crippen LogP contribution < -0.4 is 0 Å². The van der Waals surface area contributed by atoms with Crippen LogP contribution in [0.15, 0.2) is 18.5 Å². The van der Waals surface area contributed by atoms with E-state index in [1.807, 2.05) is 19.1 Å². The smallest absolute Gasteiger partial charge is 0.147 e. The van der Waals surface area contributed by atoms with Gasteiger partial charge in [-0.25, -0.2) is 4.98 Å². The molecule has 0 aliphatic heterocycles. The van der Waals surface area contributed by atoms with E-state index in [0.29, 0.717) is 5.15 Å². The second-order valence-electron chi connectivity index (χ2n) is 1.76. The average Bonchev–Trinajstić information content (AvgIpc) is 1.95. The Labute approximate surface area is 64.6 Å². The lowest BCUT2D eigenvalue weighted by Crippen LogP contribution is -1.81. The summed E-state index contributed by atoms with van der Waals surface area (Å²) in [6, 6.07) is 0. The second kappa shape index (κ2) is 3.32. The number of rotatable bonds is 1. The summed E-state index contributed by atoms with van der Waals surface area (Å²) in [4.78, 5) is 7.84. The minimum atomic E-state index is 0.424. The monoisotopic (exact) mass is 154 g/mol. The van der Waals surface area contributed by atoms with Gasteiger partial charge in [-0.3, -0.25) is 4.98 Å². The minimum absolute atomic E-state index is 0.424. The molecule has 0 amide bonds. The van der Waals surface area contributed by atoms with Crippen molar-refractivity contribution in [2.75, 3.05) is 0 Å². The molecule has 52 valence electrons. The summed E-state index contributed by atoms with van der Waals surface area (Å²) >= 11 is 5.51. The van der Waals surface area contributed by atoms with Gasteiger partial charge in [0, 0.05) is 0 Å². The maximum Gasteiger partial charge on any atom is 0.147 e. The van der Waals surface area contributed by atoms with E-state index in [4.69, 9.17) is 11.6 Å². The summed E-state index contributed by atoms with van der Waals surface area (Å²) in [6.07, 6.45) is 6.92. The fraction of sp³-hybridized carbons (Fsp3) is 0.143. The highest BCUT2D eigenvalue weighted by atomic mass is 35.5. The van der Waals surface area contributed by atoms with Gasteiger partial charge in [-0.1, -0.05) is 17.7 Å². The fourth-order valence-corrected chi connectivity index (χ4v) is 0.677. The third-order valence-corrected chi connectivity index (χ3v) is 1.17. The van der Waals surface area contributed by atoms with Crippen molar-refractivity contribution in [3.63, 3.8) is 0 Å². The zero-order chi connectivity index (χ0) is 7.40. The zero-order valence-corrected chi connectivity index (χ0v) is 6.34. The molecule has 0 unspecified atom stereocenters. The summed E-state index contributed by atoms with van der Waals surface area (Å²) in [5, 5.41) is 0.424. The molecule has 0 fully saturated rings. The van der Waals surface area contributed by atoms with Crippen LogP contribution in [0.4, 0.5) is 0 Å². The lowest BCUT2D eigenvalue weighted by atomic mass is 10.4. The zero-order valence-electron chi connectivity index (χ0n) is 5.58. The summed E-state index contributed by atoms with van der Waals surface area (Å²) < 4.78 is 0. The number of nitrogens with zero attached hydrogens (tertiary/aromatic N) is 2. The van der Waals surface area contributed by atoms with Crippen LogP contribution in [0, 0.1) is 0 Å². The lowest BCUT2D eigenvalue weighted by Gasteiger charge is -1.89. The highest BCUT2D eigenvalue weighted by Gasteiger charge is 1.87. The van der Waals surface area contributed by atoms with Crippen LogP contribution >= 0.6 is 11.6 Å². The summed E-state index contributed by atoms with van der Waals surface area (Å²) in [5.41, 5.74) is 0.826. The molecule has 1 aromatic rings. The fourth-order valence-electron chi connectivity index (χ4n) is 0.579. The number of hydrogen-bond acceptors (Lipinski definition) is 2. The molecule has 10 heavy (non-hydrogen) atoms. The van der Waals surface area contributed by atoms with Gasteiger partial charge in [0.15, 0.2) is 0 Å². The molecule has 0 aromatic carbocycles. The predicted molar refractivity (Wildman–Crippen MR) is 41.8 cm³/mol. The SMILES string of the molecule is C/C=C/c1cnc(Cl)cn1. The normalized spacial score (nSPS) is 10.6. The van der Waals surface area contributed by atoms with Gasteiger partial charge in [-0.05, 0) is 13.0 Å². The van der Waals surface area contributed by atoms with Crippen molar-refractivity contribution in [3.05, 3.63) is 29.3 Å². The molecular weight excluding hydrogens is 148 g/mol. The molecule has 2 nitrogen and oxygen atoms in total. The minimum Gasteiger partial charge on any atom is -0.252 e. The summed E-state index contributed by atoms with van der Waals surface area (Å²) in [7, 11) is 0. The topological polar surface area (TPSA) is 25.8 Å². The van der Waals surface area contributed by atoms with Gasteiger partial charge < -0.3 is 0 Å². The first-order valence-electron chi connectivity index (χ1n) is 2.93. The Bertz CT molecular complexity index is 228. The molecule has 0 radical (unpaired) electrons. The Kier molecular flexibility index (Phi) is 2.40. The molecular formula is C7H7ClN2. The molecule has 1 rings (SSSR count). The Hall–Kier alpha value is -0.890. The van der Waals surface area contributed by atoms with Crippen molar-refractivity contribution < 1.29 is 0 Å². The van der Waals surface area contributed by atoms with Gasteiger partial charge in [0.1, 0.15) is 5.15 Å². The van der Waals surface area contributed by atoms with Crippen molar-refractivity contribution in [3.8, 4) is 0 Å². The highest BCUT2D eigenvalue weighted by Crippen LogP contribution is 2.01. The molecule has 0 aliphatic rings. The van der Waals surface area contributed by atoms with Gasteiger partial charge in [0.05, 0.1) is 18.1 Å². The standard InChI is InChI=1S/C7H7ClN2/c1-2-3-6-4-10-7(8)5-9-6/h2-5H,1H3/b3-2+. The van der Waals surface area contributed by atoms with E-state index in [2.05, 4.69) is 9.97 Å². The predicted octanol–water partition coefficient (Wildman–Crippen LogP) is 2.16. The van der Waals surface area contributed by atoms with Gasteiger partial charge >= 0.3 is 0 Å². The first-order valence-corrected chi connectivity index (χ1v) is 3.31. The van der Waals surface area contributed by atoms with Crippen LogP contribution in [0.3, 0.4) is 0 Å². The number of allylic oxidation sites excluding steroid dienone is 1. The van der Waals surface area contributed by atoms with E-state index < -0.39 is 0 Å². The van der Waals surface area contributed by atoms with E-state index in [0.717, 1.165) is 5.69 Å². The largest absolute Gasteiger partial charge is 0.252 e.